The standard InChI is InChI=1S/C14H16N2O3/c1-10(16-9-11-5-7-15-8-6-11)12-3-4-13(19-12)14(17)18-2/h3-8,10,16H,9H2,1-2H3. The van der Waals surface area contributed by atoms with Crippen LogP contribution >= 0.6 is 0 Å². The Morgan fingerprint density at radius 2 is 2.11 bits per heavy atom. The number of carbonyl (C=O) groups is 1. The van der Waals surface area contributed by atoms with E-state index in [1.54, 1.807) is 24.5 Å². The lowest BCUT2D eigenvalue weighted by atomic mass is 10.2. The largest absolute Gasteiger partial charge is 0.463 e. The van der Waals surface area contributed by atoms with Crippen molar-refractivity contribution in [3.05, 3.63) is 53.7 Å². The highest BCUT2D eigenvalue weighted by Gasteiger charge is 2.14. The van der Waals surface area contributed by atoms with Gasteiger partial charge in [-0.05, 0) is 36.8 Å². The lowest BCUT2D eigenvalue weighted by molar-refractivity contribution is 0.0562. The van der Waals surface area contributed by atoms with Crippen molar-refractivity contribution in [2.75, 3.05) is 7.11 Å². The molecule has 0 aliphatic heterocycles. The Labute approximate surface area is 111 Å². The molecule has 0 aliphatic carbocycles. The number of furan rings is 1. The molecule has 0 aromatic carbocycles. The van der Waals surface area contributed by atoms with Gasteiger partial charge in [0, 0.05) is 18.9 Å². The molecular weight excluding hydrogens is 244 g/mol. The third-order valence-electron chi connectivity index (χ3n) is 2.80. The van der Waals surface area contributed by atoms with E-state index in [2.05, 4.69) is 15.0 Å². The normalized spacial score (nSPS) is 12.1. The van der Waals surface area contributed by atoms with Gasteiger partial charge in [-0.25, -0.2) is 4.79 Å². The van der Waals surface area contributed by atoms with E-state index in [0.717, 1.165) is 5.56 Å². The molecule has 5 heteroatoms. The molecular formula is C14H16N2O3. The molecule has 0 saturated heterocycles. The monoisotopic (exact) mass is 260 g/mol. The lowest BCUT2D eigenvalue weighted by Crippen LogP contribution is -2.17. The summed E-state index contributed by atoms with van der Waals surface area (Å²) in [6, 6.07) is 7.29. The third-order valence-corrected chi connectivity index (χ3v) is 2.80. The number of ether oxygens (including phenoxy) is 1. The number of methoxy groups -OCH3 is 1. The Hall–Kier alpha value is -2.14. The van der Waals surface area contributed by atoms with Crippen molar-refractivity contribution >= 4 is 5.97 Å². The number of nitrogens with zero attached hydrogens (tertiary/aromatic N) is 1. The average Bonchev–Trinajstić information content (AvgIpc) is 2.95. The molecule has 1 unspecified atom stereocenters. The van der Waals surface area contributed by atoms with Gasteiger partial charge in [-0.1, -0.05) is 0 Å². The molecule has 2 heterocycles. The van der Waals surface area contributed by atoms with Gasteiger partial charge in [0.2, 0.25) is 5.76 Å². The number of rotatable bonds is 5. The molecule has 0 aliphatic rings. The summed E-state index contributed by atoms with van der Waals surface area (Å²) in [7, 11) is 1.33. The summed E-state index contributed by atoms with van der Waals surface area (Å²) in [5.74, 6) is 0.456. The zero-order valence-electron chi connectivity index (χ0n) is 10.9. The molecule has 0 radical (unpaired) electrons. The fourth-order valence-electron chi connectivity index (χ4n) is 1.67. The number of esters is 1. The first-order chi connectivity index (χ1) is 9.20. The van der Waals surface area contributed by atoms with Crippen molar-refractivity contribution in [3.63, 3.8) is 0 Å². The van der Waals surface area contributed by atoms with Crippen LogP contribution < -0.4 is 5.32 Å². The van der Waals surface area contributed by atoms with E-state index < -0.39 is 5.97 Å². The second-order valence-corrected chi connectivity index (χ2v) is 4.15. The van der Waals surface area contributed by atoms with Crippen molar-refractivity contribution in [3.8, 4) is 0 Å². The van der Waals surface area contributed by atoms with Crippen molar-refractivity contribution < 1.29 is 13.9 Å². The van der Waals surface area contributed by atoms with Crippen molar-refractivity contribution in [2.24, 2.45) is 0 Å². The maximum Gasteiger partial charge on any atom is 0.373 e. The zero-order chi connectivity index (χ0) is 13.7. The van der Waals surface area contributed by atoms with Crippen LogP contribution in [0.4, 0.5) is 0 Å². The van der Waals surface area contributed by atoms with Gasteiger partial charge < -0.3 is 14.5 Å². The van der Waals surface area contributed by atoms with Crippen LogP contribution in [-0.4, -0.2) is 18.1 Å². The third kappa shape index (κ3) is 3.42. The van der Waals surface area contributed by atoms with Gasteiger partial charge in [0.05, 0.1) is 13.2 Å². The quantitative estimate of drug-likeness (QED) is 0.836. The first kappa shape index (κ1) is 13.3. The maximum absolute atomic E-state index is 11.3. The SMILES string of the molecule is COC(=O)c1ccc(C(C)NCc2ccncc2)o1. The maximum atomic E-state index is 11.3. The van der Waals surface area contributed by atoms with Crippen molar-refractivity contribution in [1.82, 2.24) is 10.3 Å². The molecule has 2 aromatic heterocycles. The Morgan fingerprint density at radius 3 is 2.79 bits per heavy atom. The minimum Gasteiger partial charge on any atom is -0.463 e. The van der Waals surface area contributed by atoms with Crippen molar-refractivity contribution in [2.45, 2.75) is 19.5 Å². The predicted molar refractivity (Wildman–Crippen MR) is 69.5 cm³/mol. The number of hydrogen-bond acceptors (Lipinski definition) is 5. The predicted octanol–water partition coefficient (Wildman–Crippen LogP) is 2.31. The first-order valence-electron chi connectivity index (χ1n) is 6.01. The summed E-state index contributed by atoms with van der Waals surface area (Å²) in [5.41, 5.74) is 1.14. The number of aromatic nitrogens is 1. The molecule has 1 atom stereocenters. The molecule has 5 nitrogen and oxygen atoms in total. The minimum atomic E-state index is -0.465. The second kappa shape index (κ2) is 6.15. The molecule has 0 spiro atoms. The summed E-state index contributed by atoms with van der Waals surface area (Å²) in [5, 5.41) is 3.31. The van der Waals surface area contributed by atoms with E-state index >= 15 is 0 Å². The van der Waals surface area contributed by atoms with Gasteiger partial charge in [-0.15, -0.1) is 0 Å². The van der Waals surface area contributed by atoms with Crippen LogP contribution in [0.25, 0.3) is 0 Å². The summed E-state index contributed by atoms with van der Waals surface area (Å²) in [4.78, 5) is 15.3. The van der Waals surface area contributed by atoms with Gasteiger partial charge >= 0.3 is 5.97 Å². The number of hydrogen-bond donors (Lipinski definition) is 1. The Morgan fingerprint density at radius 1 is 1.37 bits per heavy atom. The highest BCUT2D eigenvalue weighted by molar-refractivity contribution is 5.86. The number of carbonyl (C=O) groups excluding carboxylic acids is 1. The lowest BCUT2D eigenvalue weighted by Gasteiger charge is -2.11. The van der Waals surface area contributed by atoms with Crippen LogP contribution in [0.3, 0.4) is 0 Å². The fourth-order valence-corrected chi connectivity index (χ4v) is 1.67. The smallest absolute Gasteiger partial charge is 0.373 e. The number of nitrogens with one attached hydrogen (secondary N) is 1. The second-order valence-electron chi connectivity index (χ2n) is 4.15. The molecule has 2 rings (SSSR count). The summed E-state index contributed by atoms with van der Waals surface area (Å²) in [6.07, 6.45) is 3.51. The molecule has 1 N–H and O–H groups in total. The molecule has 2 aromatic rings. The summed E-state index contributed by atoms with van der Waals surface area (Å²) >= 11 is 0. The highest BCUT2D eigenvalue weighted by Crippen LogP contribution is 2.17. The van der Waals surface area contributed by atoms with Gasteiger partial charge in [-0.2, -0.15) is 0 Å². The molecule has 0 bridgehead atoms. The molecule has 0 amide bonds. The van der Waals surface area contributed by atoms with Crippen LogP contribution in [0.15, 0.2) is 41.1 Å². The Balaban J connectivity index is 1.94. The summed E-state index contributed by atoms with van der Waals surface area (Å²) < 4.78 is 10.0. The van der Waals surface area contributed by atoms with E-state index in [0.29, 0.717) is 12.3 Å². The first-order valence-corrected chi connectivity index (χ1v) is 6.01. The Kier molecular flexibility index (Phi) is 4.30. The molecule has 19 heavy (non-hydrogen) atoms. The van der Waals surface area contributed by atoms with Crippen LogP contribution in [0, 0.1) is 0 Å². The van der Waals surface area contributed by atoms with Crippen LogP contribution in [0.1, 0.15) is 34.8 Å². The van der Waals surface area contributed by atoms with Crippen LogP contribution in [-0.2, 0) is 11.3 Å². The highest BCUT2D eigenvalue weighted by atomic mass is 16.5. The molecule has 100 valence electrons. The van der Waals surface area contributed by atoms with Crippen LogP contribution in [0.5, 0.6) is 0 Å². The molecule has 0 saturated carbocycles. The van der Waals surface area contributed by atoms with Crippen molar-refractivity contribution in [1.29, 1.82) is 0 Å². The van der Waals surface area contributed by atoms with Gasteiger partial charge in [0.15, 0.2) is 0 Å². The fraction of sp³-hybridized carbons (Fsp3) is 0.286. The molecule has 0 fully saturated rings. The van der Waals surface area contributed by atoms with E-state index in [-0.39, 0.29) is 11.8 Å². The Bertz CT molecular complexity index is 537. The number of pyridine rings is 1. The van der Waals surface area contributed by atoms with E-state index in [1.165, 1.54) is 7.11 Å². The van der Waals surface area contributed by atoms with Crippen LogP contribution in [0.2, 0.25) is 0 Å². The zero-order valence-corrected chi connectivity index (χ0v) is 10.9. The topological polar surface area (TPSA) is 64.4 Å². The van der Waals surface area contributed by atoms with Gasteiger partial charge in [0.1, 0.15) is 5.76 Å². The van der Waals surface area contributed by atoms with E-state index in [4.69, 9.17) is 4.42 Å². The van der Waals surface area contributed by atoms with Gasteiger partial charge in [-0.3, -0.25) is 4.98 Å². The van der Waals surface area contributed by atoms with E-state index in [1.807, 2.05) is 19.1 Å². The average molecular weight is 260 g/mol. The summed E-state index contributed by atoms with van der Waals surface area (Å²) in [6.45, 7) is 2.68. The minimum absolute atomic E-state index is 0.00608. The van der Waals surface area contributed by atoms with E-state index in [9.17, 15) is 4.79 Å². The van der Waals surface area contributed by atoms with Gasteiger partial charge in [0.25, 0.3) is 0 Å².